The number of ether oxygens (including phenoxy) is 2. The number of fused-ring (bicyclic) bond motifs is 4. The van der Waals surface area contributed by atoms with Crippen LogP contribution in [0.1, 0.15) is 79.0 Å². The molecule has 5 heterocycles. The lowest BCUT2D eigenvalue weighted by Gasteiger charge is -2.46. The largest absolute Gasteiger partial charge is 0.506 e. The molecule has 4 saturated heterocycles. The first-order valence-electron chi connectivity index (χ1n) is 19.7. The molecule has 0 radical (unpaired) electrons. The summed E-state index contributed by atoms with van der Waals surface area (Å²) in [5, 5.41) is 24.7. The third-order valence-electron chi connectivity index (χ3n) is 11.8. The fraction of sp³-hybridized carbons (Fsp3) is 0.465. The van der Waals surface area contributed by atoms with Gasteiger partial charge in [0.05, 0.1) is 23.6 Å². The molecule has 3 aromatic carbocycles. The van der Waals surface area contributed by atoms with Gasteiger partial charge in [0, 0.05) is 47.7 Å². The van der Waals surface area contributed by atoms with Gasteiger partial charge in [-0.1, -0.05) is 47.0 Å². The molecule has 292 valence electrons. The molecular weight excluding hydrogens is 764 g/mol. The van der Waals surface area contributed by atoms with Crippen molar-refractivity contribution in [2.24, 2.45) is 5.92 Å². The number of piperidine rings is 4. The summed E-state index contributed by atoms with van der Waals surface area (Å²) in [5.41, 5.74) is 1.43. The summed E-state index contributed by atoms with van der Waals surface area (Å²) >= 11 is 3.53. The maximum atomic E-state index is 14.0. The standard InChI is InChI=1S/C43H51BrN4O7/c44-32-9-7-31(8-10-32)43(42(53)55-38-28-47-22-17-29(38)18-23-47)19-24-48(25-20-43)41(52)30-5-11-33(12-6-30)54-26-4-2-1-3-21-45-27-37(50)34-13-15-36(49)40-35(34)14-16-39(51)46-40/h5-16,29,37-38,45,49-50H,1-4,17-28H2,(H,46,51)/t37-,38-/m0/s1. The van der Waals surface area contributed by atoms with Crippen molar-refractivity contribution in [3.05, 3.63) is 104 Å². The van der Waals surface area contributed by atoms with E-state index in [2.05, 4.69) is 31.1 Å². The van der Waals surface area contributed by atoms with Gasteiger partial charge in [0.1, 0.15) is 17.6 Å². The number of nitrogens with one attached hydrogen (secondary N) is 2. The number of nitrogens with zero attached hydrogens (tertiary/aromatic N) is 2. The number of pyridine rings is 1. The molecule has 8 rings (SSSR count). The second-order valence-corrected chi connectivity index (χ2v) is 16.2. The van der Waals surface area contributed by atoms with E-state index in [4.69, 9.17) is 9.47 Å². The minimum atomic E-state index is -0.783. The second-order valence-electron chi connectivity index (χ2n) is 15.3. The number of benzene rings is 3. The molecular formula is C43H51BrN4O7. The molecule has 2 atom stereocenters. The van der Waals surface area contributed by atoms with E-state index in [1.807, 2.05) is 53.4 Å². The van der Waals surface area contributed by atoms with Crippen molar-refractivity contribution in [3.63, 3.8) is 0 Å². The normalized spacial score (nSPS) is 21.0. The first kappa shape index (κ1) is 39.0. The average molecular weight is 816 g/mol. The molecule has 1 aromatic heterocycles. The number of aliphatic hydroxyl groups is 1. The van der Waals surface area contributed by atoms with Crippen LogP contribution in [-0.4, -0.2) is 95.4 Å². The number of aromatic amines is 1. The predicted octanol–water partition coefficient (Wildman–Crippen LogP) is 6.07. The van der Waals surface area contributed by atoms with Gasteiger partial charge in [0.25, 0.3) is 5.91 Å². The van der Waals surface area contributed by atoms with E-state index in [9.17, 15) is 24.6 Å². The lowest BCUT2D eigenvalue weighted by Crippen LogP contribution is -2.55. The molecule has 1 amide bonds. The highest BCUT2D eigenvalue weighted by Crippen LogP contribution is 2.40. The van der Waals surface area contributed by atoms with Crippen LogP contribution in [0, 0.1) is 5.92 Å². The highest BCUT2D eigenvalue weighted by molar-refractivity contribution is 9.10. The Morgan fingerprint density at radius 2 is 1.64 bits per heavy atom. The summed E-state index contributed by atoms with van der Waals surface area (Å²) in [6.07, 6.45) is 6.22. The second kappa shape index (κ2) is 17.7. The van der Waals surface area contributed by atoms with Crippen LogP contribution in [-0.2, 0) is 14.9 Å². The Kier molecular flexibility index (Phi) is 12.6. The summed E-state index contributed by atoms with van der Waals surface area (Å²) in [6, 6.07) is 21.5. The average Bonchev–Trinajstić information content (AvgIpc) is 3.21. The molecule has 4 fully saturated rings. The molecule has 4 aromatic rings. The van der Waals surface area contributed by atoms with Gasteiger partial charge in [-0.3, -0.25) is 19.3 Å². The number of rotatable bonds is 15. The molecule has 4 aliphatic rings. The van der Waals surface area contributed by atoms with Crippen molar-refractivity contribution < 1.29 is 29.3 Å². The fourth-order valence-corrected chi connectivity index (χ4v) is 8.70. The van der Waals surface area contributed by atoms with Gasteiger partial charge in [-0.2, -0.15) is 0 Å². The van der Waals surface area contributed by atoms with Crippen LogP contribution in [0.5, 0.6) is 11.5 Å². The van der Waals surface area contributed by atoms with E-state index in [-0.39, 0.29) is 29.3 Å². The number of aromatic hydroxyl groups is 1. The van der Waals surface area contributed by atoms with Crippen molar-refractivity contribution in [3.8, 4) is 11.5 Å². The maximum Gasteiger partial charge on any atom is 0.317 e. The fourth-order valence-electron chi connectivity index (χ4n) is 8.44. The minimum absolute atomic E-state index is 0.0262. The number of H-pyrrole nitrogens is 1. The Bertz CT molecular complexity index is 1990. The van der Waals surface area contributed by atoms with Gasteiger partial charge in [0.15, 0.2) is 0 Å². The van der Waals surface area contributed by atoms with Gasteiger partial charge >= 0.3 is 5.97 Å². The van der Waals surface area contributed by atoms with Crippen molar-refractivity contribution in [1.82, 2.24) is 20.1 Å². The maximum absolute atomic E-state index is 14.0. The highest BCUT2D eigenvalue weighted by atomic mass is 79.9. The zero-order valence-corrected chi connectivity index (χ0v) is 32.8. The topological polar surface area (TPSA) is 144 Å². The lowest BCUT2D eigenvalue weighted by molar-refractivity contribution is -0.167. The van der Waals surface area contributed by atoms with E-state index in [0.717, 1.165) is 80.5 Å². The van der Waals surface area contributed by atoms with E-state index < -0.39 is 11.5 Å². The van der Waals surface area contributed by atoms with Gasteiger partial charge in [-0.15, -0.1) is 0 Å². The van der Waals surface area contributed by atoms with Crippen LogP contribution in [0.15, 0.2) is 82.1 Å². The van der Waals surface area contributed by atoms with Crippen LogP contribution in [0.3, 0.4) is 0 Å². The molecule has 11 nitrogen and oxygen atoms in total. The monoisotopic (exact) mass is 814 g/mol. The van der Waals surface area contributed by atoms with E-state index in [0.29, 0.717) is 67.0 Å². The molecule has 4 aliphatic heterocycles. The number of phenolic OH excluding ortho intramolecular Hbond substituents is 1. The number of aliphatic hydroxyl groups excluding tert-OH is 1. The molecule has 55 heavy (non-hydrogen) atoms. The lowest BCUT2D eigenvalue weighted by atomic mass is 9.72. The summed E-state index contributed by atoms with van der Waals surface area (Å²) in [5.74, 6) is 0.928. The van der Waals surface area contributed by atoms with E-state index in [1.54, 1.807) is 12.1 Å². The molecule has 0 unspecified atom stereocenters. The number of hydrogen-bond acceptors (Lipinski definition) is 9. The molecule has 2 bridgehead atoms. The Balaban J connectivity index is 0.822. The number of likely N-dealkylation sites (tertiary alicyclic amines) is 1. The SMILES string of the molecule is O=C(c1ccc(OCCCCCCNC[C@H](O)c2ccc(O)c3[nH]c(=O)ccc23)cc1)N1CCC(C(=O)O[C@H]2CN3CCC2CC3)(c2ccc(Br)cc2)CC1. The number of hydrogen-bond donors (Lipinski definition) is 4. The number of carbonyl (C=O) groups excluding carboxylic acids is 2. The molecule has 12 heteroatoms. The van der Waals surface area contributed by atoms with Crippen LogP contribution in [0.25, 0.3) is 10.9 Å². The van der Waals surface area contributed by atoms with Gasteiger partial charge in [-0.25, -0.2) is 0 Å². The smallest absolute Gasteiger partial charge is 0.317 e. The number of unbranched alkanes of at least 4 members (excludes halogenated alkanes) is 3. The van der Waals surface area contributed by atoms with Crippen molar-refractivity contribution in [2.45, 2.75) is 69.0 Å². The zero-order chi connectivity index (χ0) is 38.4. The quantitative estimate of drug-likeness (QED) is 0.0831. The number of halogens is 1. The molecule has 0 spiro atoms. The van der Waals surface area contributed by atoms with Gasteiger partial charge in [0.2, 0.25) is 5.56 Å². The third-order valence-corrected chi connectivity index (χ3v) is 12.3. The Morgan fingerprint density at radius 3 is 2.35 bits per heavy atom. The minimum Gasteiger partial charge on any atom is -0.506 e. The highest BCUT2D eigenvalue weighted by Gasteiger charge is 2.47. The predicted molar refractivity (Wildman–Crippen MR) is 214 cm³/mol. The molecule has 0 aliphatic carbocycles. The van der Waals surface area contributed by atoms with Crippen LogP contribution in [0.4, 0.5) is 0 Å². The summed E-state index contributed by atoms with van der Waals surface area (Å²) in [7, 11) is 0. The number of phenols is 1. The summed E-state index contributed by atoms with van der Waals surface area (Å²) in [6.45, 7) is 5.63. The number of esters is 1. The number of amides is 1. The van der Waals surface area contributed by atoms with E-state index in [1.165, 1.54) is 12.1 Å². The third kappa shape index (κ3) is 9.09. The van der Waals surface area contributed by atoms with Crippen molar-refractivity contribution >= 4 is 38.7 Å². The first-order chi connectivity index (χ1) is 26.7. The number of carbonyl (C=O) groups is 2. The molecule has 4 N–H and O–H groups in total. The van der Waals surface area contributed by atoms with Crippen LogP contribution in [0.2, 0.25) is 0 Å². The Hall–Kier alpha value is -4.23. The van der Waals surface area contributed by atoms with Crippen molar-refractivity contribution in [1.29, 1.82) is 0 Å². The van der Waals surface area contributed by atoms with Crippen LogP contribution >= 0.6 is 15.9 Å². The number of aromatic nitrogens is 1. The van der Waals surface area contributed by atoms with Gasteiger partial charge < -0.3 is 34.9 Å². The van der Waals surface area contributed by atoms with E-state index >= 15 is 0 Å². The zero-order valence-electron chi connectivity index (χ0n) is 31.2. The van der Waals surface area contributed by atoms with Crippen LogP contribution < -0.4 is 15.6 Å². The first-order valence-corrected chi connectivity index (χ1v) is 20.4. The van der Waals surface area contributed by atoms with Gasteiger partial charge in [-0.05, 0) is 124 Å². The Labute approximate surface area is 330 Å². The van der Waals surface area contributed by atoms with Crippen molar-refractivity contribution in [2.75, 3.05) is 52.4 Å². The summed E-state index contributed by atoms with van der Waals surface area (Å²) < 4.78 is 13.2. The summed E-state index contributed by atoms with van der Waals surface area (Å²) in [4.78, 5) is 46.2. The Morgan fingerprint density at radius 1 is 0.909 bits per heavy atom. The molecule has 0 saturated carbocycles.